The van der Waals surface area contributed by atoms with Gasteiger partial charge in [-0.15, -0.1) is 0 Å². The zero-order chi connectivity index (χ0) is 17.7. The Morgan fingerprint density at radius 1 is 1.25 bits per heavy atom. The van der Waals surface area contributed by atoms with E-state index in [0.717, 1.165) is 5.56 Å². The van der Waals surface area contributed by atoms with E-state index in [1.807, 2.05) is 6.07 Å². The molecule has 0 saturated carbocycles. The van der Waals surface area contributed by atoms with Gasteiger partial charge in [-0.3, -0.25) is 9.00 Å². The Labute approximate surface area is 143 Å². The van der Waals surface area contributed by atoms with E-state index in [0.29, 0.717) is 16.9 Å². The van der Waals surface area contributed by atoms with Crippen LogP contribution in [0.15, 0.2) is 48.5 Å². The molecule has 0 aliphatic carbocycles. The molecule has 2 N–H and O–H groups in total. The van der Waals surface area contributed by atoms with Crippen molar-refractivity contribution in [3.05, 3.63) is 71.0 Å². The molecule has 0 heterocycles. The monoisotopic (exact) mass is 349 g/mol. The number of hydrogen-bond donors (Lipinski definition) is 2. The Morgan fingerprint density at radius 3 is 2.54 bits per heavy atom. The molecule has 2 aromatic carbocycles. The lowest BCUT2D eigenvalue weighted by Crippen LogP contribution is -2.37. The standard InChI is InChI=1S/C18H20FNO3S/c1-12(17(21)14-6-8-16(19)9-7-14)20-18(22)15-5-3-4-13(10-15)11-24(2)23/h3-10,12,17,21H,11H2,1-2H3,(H,20,22). The summed E-state index contributed by atoms with van der Waals surface area (Å²) in [6.45, 7) is 1.68. The highest BCUT2D eigenvalue weighted by molar-refractivity contribution is 7.83. The summed E-state index contributed by atoms with van der Waals surface area (Å²) in [5, 5.41) is 13.0. The second kappa shape index (κ2) is 8.17. The predicted octanol–water partition coefficient (Wildman–Crippen LogP) is 2.56. The molecule has 0 saturated heterocycles. The molecular formula is C18H20FNO3S. The van der Waals surface area contributed by atoms with Crippen LogP contribution in [-0.4, -0.2) is 27.5 Å². The zero-order valence-corrected chi connectivity index (χ0v) is 14.3. The number of halogens is 1. The Bertz CT molecular complexity index is 733. The minimum Gasteiger partial charge on any atom is -0.386 e. The average Bonchev–Trinajstić information content (AvgIpc) is 2.54. The van der Waals surface area contributed by atoms with Crippen molar-refractivity contribution in [3.8, 4) is 0 Å². The highest BCUT2D eigenvalue weighted by Crippen LogP contribution is 2.18. The average molecular weight is 349 g/mol. The first-order valence-corrected chi connectivity index (χ1v) is 9.23. The minimum atomic E-state index is -0.985. The number of carbonyl (C=O) groups excluding carboxylic acids is 1. The van der Waals surface area contributed by atoms with Crippen molar-refractivity contribution in [3.63, 3.8) is 0 Å². The second-order valence-corrected chi connectivity index (χ2v) is 7.11. The third-order valence-corrected chi connectivity index (χ3v) is 4.34. The lowest BCUT2D eigenvalue weighted by atomic mass is 10.0. The highest BCUT2D eigenvalue weighted by Gasteiger charge is 2.19. The molecule has 0 bridgehead atoms. The van der Waals surface area contributed by atoms with Crippen LogP contribution in [0.4, 0.5) is 4.39 Å². The summed E-state index contributed by atoms with van der Waals surface area (Å²) in [5.74, 6) is -0.324. The van der Waals surface area contributed by atoms with E-state index in [9.17, 15) is 18.5 Å². The molecule has 3 atom stereocenters. The topological polar surface area (TPSA) is 66.4 Å². The molecule has 2 rings (SSSR count). The first-order valence-electron chi connectivity index (χ1n) is 7.50. The van der Waals surface area contributed by atoms with E-state index in [4.69, 9.17) is 0 Å². The van der Waals surface area contributed by atoms with Gasteiger partial charge in [-0.1, -0.05) is 24.3 Å². The van der Waals surface area contributed by atoms with Crippen molar-refractivity contribution in [1.29, 1.82) is 0 Å². The molecule has 1 amide bonds. The Morgan fingerprint density at radius 2 is 1.92 bits per heavy atom. The van der Waals surface area contributed by atoms with Gasteiger partial charge in [0.15, 0.2) is 0 Å². The molecule has 4 nitrogen and oxygen atoms in total. The summed E-state index contributed by atoms with van der Waals surface area (Å²) >= 11 is 0. The van der Waals surface area contributed by atoms with Gasteiger partial charge in [-0.05, 0) is 42.3 Å². The summed E-state index contributed by atoms with van der Waals surface area (Å²) < 4.78 is 24.2. The van der Waals surface area contributed by atoms with Crippen LogP contribution in [0.3, 0.4) is 0 Å². The Balaban J connectivity index is 2.05. The van der Waals surface area contributed by atoms with Crippen LogP contribution in [0.5, 0.6) is 0 Å². The smallest absolute Gasteiger partial charge is 0.251 e. The zero-order valence-electron chi connectivity index (χ0n) is 13.5. The summed E-state index contributed by atoms with van der Waals surface area (Å²) in [6.07, 6.45) is 0.661. The van der Waals surface area contributed by atoms with Crippen molar-refractivity contribution in [2.24, 2.45) is 0 Å². The van der Waals surface area contributed by atoms with Crippen LogP contribution in [0.1, 0.15) is 34.5 Å². The number of aliphatic hydroxyl groups is 1. The van der Waals surface area contributed by atoms with Gasteiger partial charge in [0.05, 0.1) is 12.1 Å². The lowest BCUT2D eigenvalue weighted by molar-refractivity contribution is 0.0852. The first-order chi connectivity index (χ1) is 11.4. The van der Waals surface area contributed by atoms with Crippen LogP contribution < -0.4 is 5.32 Å². The van der Waals surface area contributed by atoms with Gasteiger partial charge in [0.25, 0.3) is 5.91 Å². The Kier molecular flexibility index (Phi) is 6.23. The van der Waals surface area contributed by atoms with E-state index >= 15 is 0 Å². The van der Waals surface area contributed by atoms with Crippen LogP contribution >= 0.6 is 0 Å². The molecule has 128 valence electrons. The molecular weight excluding hydrogens is 329 g/mol. The van der Waals surface area contributed by atoms with Crippen molar-refractivity contribution in [2.45, 2.75) is 24.8 Å². The maximum absolute atomic E-state index is 12.9. The van der Waals surface area contributed by atoms with Crippen LogP contribution in [0.25, 0.3) is 0 Å². The van der Waals surface area contributed by atoms with E-state index in [1.54, 1.807) is 31.4 Å². The second-order valence-electron chi connectivity index (χ2n) is 5.68. The number of aliphatic hydroxyl groups excluding tert-OH is 1. The normalized spacial score (nSPS) is 14.7. The van der Waals surface area contributed by atoms with E-state index in [-0.39, 0.29) is 11.7 Å². The molecule has 0 aromatic heterocycles. The Hall–Kier alpha value is -2.05. The van der Waals surface area contributed by atoms with E-state index < -0.39 is 22.9 Å². The SMILES string of the molecule is CC(NC(=O)c1cccc(CS(C)=O)c1)C(O)c1ccc(F)cc1. The number of nitrogens with one attached hydrogen (secondary N) is 1. The summed E-state index contributed by atoms with van der Waals surface area (Å²) in [7, 11) is -0.985. The molecule has 3 unspecified atom stereocenters. The molecule has 6 heteroatoms. The molecule has 0 aliphatic rings. The fraction of sp³-hybridized carbons (Fsp3) is 0.278. The summed E-state index contributed by atoms with van der Waals surface area (Å²) in [5.41, 5.74) is 1.78. The molecule has 0 fully saturated rings. The van der Waals surface area contributed by atoms with Crippen LogP contribution in [0, 0.1) is 5.82 Å². The van der Waals surface area contributed by atoms with Gasteiger partial charge in [-0.25, -0.2) is 4.39 Å². The number of hydrogen-bond acceptors (Lipinski definition) is 3. The van der Waals surface area contributed by atoms with Gasteiger partial charge < -0.3 is 10.4 Å². The van der Waals surface area contributed by atoms with Gasteiger partial charge in [0, 0.05) is 28.4 Å². The summed E-state index contributed by atoms with van der Waals surface area (Å²) in [6, 6.07) is 11.9. The van der Waals surface area contributed by atoms with E-state index in [2.05, 4.69) is 5.32 Å². The fourth-order valence-corrected chi connectivity index (χ4v) is 3.00. The van der Waals surface area contributed by atoms with Crippen molar-refractivity contribution < 1.29 is 18.5 Å². The maximum Gasteiger partial charge on any atom is 0.251 e. The van der Waals surface area contributed by atoms with Crippen molar-refractivity contribution >= 4 is 16.7 Å². The molecule has 24 heavy (non-hydrogen) atoms. The number of benzene rings is 2. The van der Waals surface area contributed by atoms with Gasteiger partial charge >= 0.3 is 0 Å². The predicted molar refractivity (Wildman–Crippen MR) is 92.5 cm³/mol. The molecule has 0 spiro atoms. The van der Waals surface area contributed by atoms with Crippen molar-refractivity contribution in [2.75, 3.05) is 6.26 Å². The highest BCUT2D eigenvalue weighted by atomic mass is 32.2. The number of carbonyl (C=O) groups is 1. The van der Waals surface area contributed by atoms with Gasteiger partial charge in [-0.2, -0.15) is 0 Å². The first kappa shape index (κ1) is 18.3. The number of amides is 1. The quantitative estimate of drug-likeness (QED) is 0.842. The summed E-state index contributed by atoms with van der Waals surface area (Å²) in [4.78, 5) is 12.3. The molecule has 0 radical (unpaired) electrons. The number of rotatable bonds is 6. The lowest BCUT2D eigenvalue weighted by Gasteiger charge is -2.21. The largest absolute Gasteiger partial charge is 0.386 e. The molecule has 2 aromatic rings. The van der Waals surface area contributed by atoms with Gasteiger partial charge in [0.2, 0.25) is 0 Å². The maximum atomic E-state index is 12.9. The third-order valence-electron chi connectivity index (χ3n) is 3.60. The fourth-order valence-electron chi connectivity index (χ4n) is 2.35. The van der Waals surface area contributed by atoms with Crippen LogP contribution in [-0.2, 0) is 16.6 Å². The van der Waals surface area contributed by atoms with Crippen molar-refractivity contribution in [1.82, 2.24) is 5.32 Å². The minimum absolute atomic E-state index is 0.326. The van der Waals surface area contributed by atoms with E-state index in [1.165, 1.54) is 24.3 Å². The van der Waals surface area contributed by atoms with Gasteiger partial charge in [0.1, 0.15) is 5.82 Å². The van der Waals surface area contributed by atoms with Crippen LogP contribution in [0.2, 0.25) is 0 Å². The third kappa shape index (κ3) is 4.97. The molecule has 0 aliphatic heterocycles.